The summed E-state index contributed by atoms with van der Waals surface area (Å²) in [5, 5.41) is 10.4. The van der Waals surface area contributed by atoms with E-state index in [-0.39, 0.29) is 0 Å². The minimum atomic E-state index is 0.468. The molecule has 0 aromatic carbocycles. The maximum absolute atomic E-state index is 4.70. The van der Waals surface area contributed by atoms with Gasteiger partial charge in [0.15, 0.2) is 0 Å². The topological polar surface area (TPSA) is 51.2 Å². The summed E-state index contributed by atoms with van der Waals surface area (Å²) in [6.07, 6.45) is 4.39. The van der Waals surface area contributed by atoms with Crippen LogP contribution in [0.25, 0.3) is 4.96 Å². The van der Waals surface area contributed by atoms with E-state index >= 15 is 0 Å². The zero-order valence-electron chi connectivity index (χ0n) is 13.2. The molecule has 4 heterocycles. The Balaban J connectivity index is 1.59. The van der Waals surface area contributed by atoms with Crippen molar-refractivity contribution in [3.8, 4) is 0 Å². The summed E-state index contributed by atoms with van der Waals surface area (Å²) < 4.78 is 4.02. The number of rotatable bonds is 3. The van der Waals surface area contributed by atoms with Crippen LogP contribution in [0.3, 0.4) is 0 Å². The molecule has 0 unspecified atom stereocenters. The number of nitrogens with zero attached hydrogens (tertiary/aromatic N) is 6. The van der Waals surface area contributed by atoms with Gasteiger partial charge in [-0.1, -0.05) is 11.3 Å². The fourth-order valence-corrected chi connectivity index (χ4v) is 4.28. The van der Waals surface area contributed by atoms with E-state index in [1.54, 1.807) is 11.3 Å². The molecule has 22 heavy (non-hydrogen) atoms. The van der Waals surface area contributed by atoms with E-state index < -0.39 is 0 Å². The predicted octanol–water partition coefficient (Wildman–Crippen LogP) is 2.58. The molecule has 1 atom stereocenters. The SMILES string of the molecule is Cc1cn2nc(N3CCC[C@@H]3Cn3nc(C)cc3C)sc2n1. The van der Waals surface area contributed by atoms with Crippen molar-refractivity contribution < 1.29 is 0 Å². The first-order valence-electron chi connectivity index (χ1n) is 7.70. The van der Waals surface area contributed by atoms with Crippen LogP contribution in [0, 0.1) is 20.8 Å². The molecule has 0 saturated carbocycles. The fourth-order valence-electron chi connectivity index (χ4n) is 3.25. The summed E-state index contributed by atoms with van der Waals surface area (Å²) in [5.41, 5.74) is 3.34. The van der Waals surface area contributed by atoms with Crippen LogP contribution in [-0.2, 0) is 6.54 Å². The second-order valence-electron chi connectivity index (χ2n) is 6.09. The molecule has 3 aromatic rings. The molecule has 0 N–H and O–H groups in total. The van der Waals surface area contributed by atoms with Crippen molar-refractivity contribution in [2.24, 2.45) is 0 Å². The molecule has 1 aliphatic heterocycles. The Kier molecular flexibility index (Phi) is 3.18. The van der Waals surface area contributed by atoms with Crippen LogP contribution in [0.2, 0.25) is 0 Å². The third kappa shape index (κ3) is 2.29. The lowest BCUT2D eigenvalue weighted by Crippen LogP contribution is -2.33. The van der Waals surface area contributed by atoms with Gasteiger partial charge in [-0.3, -0.25) is 4.68 Å². The molecule has 7 heteroatoms. The Hall–Kier alpha value is -1.89. The highest BCUT2D eigenvalue weighted by Crippen LogP contribution is 2.30. The van der Waals surface area contributed by atoms with E-state index in [9.17, 15) is 0 Å². The smallest absolute Gasteiger partial charge is 0.214 e. The van der Waals surface area contributed by atoms with Crippen LogP contribution in [0.5, 0.6) is 0 Å². The van der Waals surface area contributed by atoms with E-state index in [1.807, 2.05) is 24.6 Å². The van der Waals surface area contributed by atoms with Gasteiger partial charge in [0.2, 0.25) is 10.1 Å². The summed E-state index contributed by atoms with van der Waals surface area (Å²) in [5.74, 6) is 0. The predicted molar refractivity (Wildman–Crippen MR) is 87.7 cm³/mol. The van der Waals surface area contributed by atoms with Gasteiger partial charge in [0.1, 0.15) is 0 Å². The Morgan fingerprint density at radius 3 is 2.82 bits per heavy atom. The molecular formula is C15H20N6S. The van der Waals surface area contributed by atoms with Crippen LogP contribution in [0.15, 0.2) is 12.3 Å². The first-order valence-corrected chi connectivity index (χ1v) is 8.52. The van der Waals surface area contributed by atoms with Gasteiger partial charge in [-0.25, -0.2) is 9.50 Å². The van der Waals surface area contributed by atoms with Gasteiger partial charge in [0, 0.05) is 12.2 Å². The third-order valence-corrected chi connectivity index (χ3v) is 5.22. The molecule has 1 saturated heterocycles. The average Bonchev–Trinajstić information content (AvgIpc) is 3.15. The molecule has 0 bridgehead atoms. The number of anilines is 1. The van der Waals surface area contributed by atoms with Crippen LogP contribution < -0.4 is 4.90 Å². The summed E-state index contributed by atoms with van der Waals surface area (Å²) in [6.45, 7) is 8.18. The van der Waals surface area contributed by atoms with Gasteiger partial charge in [-0.15, -0.1) is 5.10 Å². The second kappa shape index (κ2) is 5.08. The average molecular weight is 316 g/mol. The van der Waals surface area contributed by atoms with Crippen molar-refractivity contribution in [3.05, 3.63) is 29.3 Å². The van der Waals surface area contributed by atoms with Crippen molar-refractivity contribution in [3.63, 3.8) is 0 Å². The summed E-state index contributed by atoms with van der Waals surface area (Å²) in [7, 11) is 0. The highest BCUT2D eigenvalue weighted by atomic mass is 32.1. The standard InChI is InChI=1S/C15H20N6S/c1-10-7-12(3)20(17-10)9-13-5-4-6-19(13)15-18-21-8-11(2)16-14(21)22-15/h7-8,13H,4-6,9H2,1-3H3/t13-/m1/s1. The van der Waals surface area contributed by atoms with Gasteiger partial charge in [-0.2, -0.15) is 5.10 Å². The molecule has 1 fully saturated rings. The lowest BCUT2D eigenvalue weighted by atomic mass is 10.2. The first-order chi connectivity index (χ1) is 10.6. The molecule has 0 aliphatic carbocycles. The van der Waals surface area contributed by atoms with Gasteiger partial charge in [0.25, 0.3) is 0 Å². The van der Waals surface area contributed by atoms with Crippen LogP contribution in [0.4, 0.5) is 5.13 Å². The maximum atomic E-state index is 4.70. The number of hydrogen-bond acceptors (Lipinski definition) is 5. The highest BCUT2D eigenvalue weighted by Gasteiger charge is 2.28. The molecule has 0 amide bonds. The fraction of sp³-hybridized carbons (Fsp3) is 0.533. The highest BCUT2D eigenvalue weighted by molar-refractivity contribution is 7.20. The van der Waals surface area contributed by atoms with Gasteiger partial charge in [-0.05, 0) is 39.7 Å². The summed E-state index contributed by atoms with van der Waals surface area (Å²) >= 11 is 1.68. The molecule has 3 aromatic heterocycles. The molecule has 0 radical (unpaired) electrons. The van der Waals surface area contributed by atoms with Gasteiger partial charge < -0.3 is 4.90 Å². The monoisotopic (exact) mass is 316 g/mol. The van der Waals surface area contributed by atoms with Crippen molar-refractivity contribution in [2.75, 3.05) is 11.4 Å². The minimum absolute atomic E-state index is 0.468. The molecule has 6 nitrogen and oxygen atoms in total. The van der Waals surface area contributed by atoms with Crippen LogP contribution in [0.1, 0.15) is 29.9 Å². The molecular weight excluding hydrogens is 296 g/mol. The quantitative estimate of drug-likeness (QED) is 0.745. The second-order valence-corrected chi connectivity index (χ2v) is 7.03. The number of imidazole rings is 1. The third-order valence-electron chi connectivity index (χ3n) is 4.26. The van der Waals surface area contributed by atoms with E-state index in [0.29, 0.717) is 6.04 Å². The lowest BCUT2D eigenvalue weighted by molar-refractivity contribution is 0.497. The Morgan fingerprint density at radius 1 is 1.23 bits per heavy atom. The van der Waals surface area contributed by atoms with Crippen molar-refractivity contribution in [1.29, 1.82) is 0 Å². The van der Waals surface area contributed by atoms with Crippen molar-refractivity contribution >= 4 is 21.4 Å². The van der Waals surface area contributed by atoms with Gasteiger partial charge in [0.05, 0.1) is 30.2 Å². The maximum Gasteiger partial charge on any atom is 0.214 e. The molecule has 0 spiro atoms. The van der Waals surface area contributed by atoms with Crippen LogP contribution in [-0.4, -0.2) is 37.0 Å². The summed E-state index contributed by atoms with van der Waals surface area (Å²) in [4.78, 5) is 7.90. The molecule has 4 rings (SSSR count). The zero-order valence-corrected chi connectivity index (χ0v) is 14.0. The Labute approximate surface area is 133 Å². The van der Waals surface area contributed by atoms with Crippen molar-refractivity contribution in [1.82, 2.24) is 24.4 Å². The molecule has 116 valence electrons. The Bertz CT molecular complexity index is 782. The minimum Gasteiger partial charge on any atom is -0.342 e. The van der Waals surface area contributed by atoms with Gasteiger partial charge >= 0.3 is 0 Å². The van der Waals surface area contributed by atoms with Crippen LogP contribution >= 0.6 is 11.3 Å². The zero-order chi connectivity index (χ0) is 15.3. The lowest BCUT2D eigenvalue weighted by Gasteiger charge is -2.24. The normalized spacial score (nSPS) is 18.7. The number of fused-ring (bicyclic) bond motifs is 1. The Morgan fingerprint density at radius 2 is 2.09 bits per heavy atom. The summed E-state index contributed by atoms with van der Waals surface area (Å²) in [6, 6.07) is 2.61. The van der Waals surface area contributed by atoms with Crippen molar-refractivity contribution in [2.45, 2.75) is 46.2 Å². The van der Waals surface area contributed by atoms with E-state index in [0.717, 1.165) is 34.6 Å². The van der Waals surface area contributed by atoms with E-state index in [1.165, 1.54) is 18.5 Å². The first kappa shape index (κ1) is 13.8. The molecule has 1 aliphatic rings. The number of hydrogen-bond donors (Lipinski definition) is 0. The van der Waals surface area contributed by atoms with E-state index in [2.05, 4.69) is 32.7 Å². The largest absolute Gasteiger partial charge is 0.342 e. The number of aromatic nitrogens is 5. The number of aryl methyl sites for hydroxylation is 3. The van der Waals surface area contributed by atoms with E-state index in [4.69, 9.17) is 5.10 Å².